The van der Waals surface area contributed by atoms with Crippen LogP contribution in [0.2, 0.25) is 0 Å². The average Bonchev–Trinajstić information content (AvgIpc) is 2.76. The van der Waals surface area contributed by atoms with Gasteiger partial charge in [-0.05, 0) is 44.5 Å². The molecule has 176 valence electrons. The van der Waals surface area contributed by atoms with Crippen LogP contribution in [0.5, 0.6) is 0 Å². The predicted molar refractivity (Wildman–Crippen MR) is 123 cm³/mol. The van der Waals surface area contributed by atoms with Gasteiger partial charge in [0.1, 0.15) is 0 Å². The van der Waals surface area contributed by atoms with E-state index in [0.29, 0.717) is 5.69 Å². The van der Waals surface area contributed by atoms with Crippen LogP contribution in [-0.2, 0) is 20.7 Å². The van der Waals surface area contributed by atoms with E-state index in [1.165, 1.54) is 12.1 Å². The number of ether oxygens (including phenoxy) is 2. The Morgan fingerprint density at radius 2 is 1.76 bits per heavy atom. The molecule has 0 aliphatic rings. The van der Waals surface area contributed by atoms with Crippen LogP contribution in [0, 0.1) is 0 Å². The molecule has 10 heteroatoms. The van der Waals surface area contributed by atoms with E-state index in [-0.39, 0.29) is 24.6 Å². The van der Waals surface area contributed by atoms with Crippen LogP contribution in [-0.4, -0.2) is 47.7 Å². The van der Waals surface area contributed by atoms with Gasteiger partial charge in [-0.15, -0.1) is 0 Å². The lowest BCUT2D eigenvalue weighted by Crippen LogP contribution is -2.56. The molecule has 2 amide bonds. The van der Waals surface area contributed by atoms with E-state index in [2.05, 4.69) is 10.4 Å². The van der Waals surface area contributed by atoms with Crippen molar-refractivity contribution in [1.29, 1.82) is 0 Å². The Morgan fingerprint density at radius 3 is 2.36 bits per heavy atom. The number of hydrogen-bond donors (Lipinski definition) is 3. The summed E-state index contributed by atoms with van der Waals surface area (Å²) in [5, 5.41) is 0.862. The number of esters is 1. The van der Waals surface area contributed by atoms with E-state index < -0.39 is 30.1 Å². The monoisotopic (exact) mass is 455 g/mol. The largest absolute Gasteiger partial charge is 0.464 e. The minimum atomic E-state index is -1.16. The fraction of sp³-hybridized carbons (Fsp3) is 0.304. The summed E-state index contributed by atoms with van der Waals surface area (Å²) in [5.74, 6) is -1.51. The summed E-state index contributed by atoms with van der Waals surface area (Å²) in [4.78, 5) is 42.6. The zero-order valence-electron chi connectivity index (χ0n) is 18.9. The molecule has 0 fully saturated rings. The van der Waals surface area contributed by atoms with E-state index in [9.17, 15) is 14.4 Å². The van der Waals surface area contributed by atoms with Crippen molar-refractivity contribution in [3.8, 4) is 0 Å². The maximum absolute atomic E-state index is 13.0. The molecule has 0 aliphatic heterocycles. The third-order valence-electron chi connectivity index (χ3n) is 4.26. The Kier molecular flexibility index (Phi) is 9.22. The fourth-order valence-electron chi connectivity index (χ4n) is 2.90. The first-order valence-electron chi connectivity index (χ1n) is 10.4. The van der Waals surface area contributed by atoms with Crippen LogP contribution in [0.4, 0.5) is 10.5 Å². The van der Waals surface area contributed by atoms with Crippen LogP contribution in [0.15, 0.2) is 59.6 Å². The number of hydrogen-bond acceptors (Lipinski definition) is 6. The summed E-state index contributed by atoms with van der Waals surface area (Å²) >= 11 is 0. The zero-order chi connectivity index (χ0) is 24.4. The van der Waals surface area contributed by atoms with Crippen molar-refractivity contribution >= 4 is 29.6 Å². The van der Waals surface area contributed by atoms with Crippen LogP contribution >= 0.6 is 0 Å². The third-order valence-corrected chi connectivity index (χ3v) is 4.26. The number of nitrogens with two attached hydrogens (primary N) is 2. The van der Waals surface area contributed by atoms with Gasteiger partial charge in [0, 0.05) is 12.0 Å². The maximum Gasteiger partial charge on any atom is 0.429 e. The number of rotatable bonds is 8. The van der Waals surface area contributed by atoms with Gasteiger partial charge in [-0.2, -0.15) is 0 Å². The second-order valence-corrected chi connectivity index (χ2v) is 7.29. The van der Waals surface area contributed by atoms with Crippen LogP contribution < -0.4 is 16.9 Å². The first-order chi connectivity index (χ1) is 15.7. The molecule has 1 unspecified atom stereocenters. The summed E-state index contributed by atoms with van der Waals surface area (Å²) in [5.41, 5.74) is 14.6. The number of aliphatic imine (C=N–C) groups is 1. The lowest BCUT2D eigenvalue weighted by Gasteiger charge is -2.30. The van der Waals surface area contributed by atoms with E-state index in [0.717, 1.165) is 10.6 Å². The van der Waals surface area contributed by atoms with Gasteiger partial charge in [0.05, 0.1) is 18.4 Å². The maximum atomic E-state index is 13.0. The SMILES string of the molecule is CCOC(=O)C(Cc1ccccc1)N(NC(=O)c1cccc(N=C(N)N)c1)C(=O)OC(C)C. The van der Waals surface area contributed by atoms with Gasteiger partial charge in [-0.1, -0.05) is 36.4 Å². The van der Waals surface area contributed by atoms with Gasteiger partial charge in [-0.25, -0.2) is 19.6 Å². The summed E-state index contributed by atoms with van der Waals surface area (Å²) in [6, 6.07) is 14.0. The van der Waals surface area contributed by atoms with E-state index >= 15 is 0 Å². The molecule has 0 bridgehead atoms. The van der Waals surface area contributed by atoms with Crippen molar-refractivity contribution in [2.45, 2.75) is 39.3 Å². The molecule has 10 nitrogen and oxygen atoms in total. The van der Waals surface area contributed by atoms with Crippen molar-refractivity contribution < 1.29 is 23.9 Å². The molecule has 0 saturated carbocycles. The molecule has 2 aromatic carbocycles. The zero-order valence-corrected chi connectivity index (χ0v) is 18.9. The molecule has 2 aromatic rings. The lowest BCUT2D eigenvalue weighted by molar-refractivity contribution is -0.150. The molecule has 0 radical (unpaired) electrons. The van der Waals surface area contributed by atoms with Crippen molar-refractivity contribution in [3.63, 3.8) is 0 Å². The van der Waals surface area contributed by atoms with Crippen molar-refractivity contribution in [2.24, 2.45) is 16.5 Å². The van der Waals surface area contributed by atoms with Gasteiger partial charge >= 0.3 is 12.1 Å². The number of nitrogens with zero attached hydrogens (tertiary/aromatic N) is 2. The summed E-state index contributed by atoms with van der Waals surface area (Å²) in [7, 11) is 0. The first kappa shape index (κ1) is 25.2. The number of carbonyl (C=O) groups is 3. The van der Waals surface area contributed by atoms with Crippen molar-refractivity contribution in [3.05, 3.63) is 65.7 Å². The standard InChI is InChI=1S/C23H29N5O5/c1-4-32-21(30)19(13-16-9-6-5-7-10-16)28(23(31)33-15(2)3)27-20(29)17-11-8-12-18(14-17)26-22(24)25/h5-12,14-15,19H,4,13H2,1-3H3,(H,27,29)(H4,24,25,26). The van der Waals surface area contributed by atoms with Gasteiger partial charge in [0.25, 0.3) is 5.91 Å². The molecule has 5 N–H and O–H groups in total. The normalized spacial score (nSPS) is 11.3. The molecule has 33 heavy (non-hydrogen) atoms. The second kappa shape index (κ2) is 12.1. The van der Waals surface area contributed by atoms with Gasteiger partial charge in [0.15, 0.2) is 12.0 Å². The lowest BCUT2D eigenvalue weighted by atomic mass is 10.1. The van der Waals surface area contributed by atoms with E-state index in [4.69, 9.17) is 20.9 Å². The Balaban J connectivity index is 2.40. The average molecular weight is 456 g/mol. The predicted octanol–water partition coefficient (Wildman–Crippen LogP) is 2.26. The fourth-order valence-corrected chi connectivity index (χ4v) is 2.90. The minimum absolute atomic E-state index is 0.0984. The Bertz CT molecular complexity index is 990. The number of hydrazine groups is 1. The topological polar surface area (TPSA) is 149 Å². The molecule has 0 heterocycles. The highest BCUT2D eigenvalue weighted by Gasteiger charge is 2.34. The van der Waals surface area contributed by atoms with Gasteiger partial charge in [0.2, 0.25) is 0 Å². The Hall–Kier alpha value is -4.08. The smallest absolute Gasteiger partial charge is 0.429 e. The summed E-state index contributed by atoms with van der Waals surface area (Å²) in [6.07, 6.45) is -1.28. The number of amides is 2. The highest BCUT2D eigenvalue weighted by atomic mass is 16.6. The van der Waals surface area contributed by atoms with Crippen LogP contribution in [0.3, 0.4) is 0 Å². The highest BCUT2D eigenvalue weighted by molar-refractivity contribution is 5.96. The molecule has 0 spiro atoms. The number of nitrogens with one attached hydrogen (secondary N) is 1. The van der Waals surface area contributed by atoms with E-state index in [1.807, 2.05) is 18.2 Å². The molecule has 2 rings (SSSR count). The molecule has 0 aliphatic carbocycles. The van der Waals surface area contributed by atoms with Gasteiger partial charge < -0.3 is 20.9 Å². The second-order valence-electron chi connectivity index (χ2n) is 7.29. The van der Waals surface area contributed by atoms with Crippen LogP contribution in [0.1, 0.15) is 36.7 Å². The molecule has 1 atom stereocenters. The Labute approximate surface area is 192 Å². The Morgan fingerprint density at radius 1 is 1.06 bits per heavy atom. The first-order valence-corrected chi connectivity index (χ1v) is 10.4. The molecule has 0 aromatic heterocycles. The molecule has 0 saturated heterocycles. The van der Waals surface area contributed by atoms with E-state index in [1.54, 1.807) is 45.0 Å². The number of benzene rings is 2. The van der Waals surface area contributed by atoms with Crippen molar-refractivity contribution in [1.82, 2.24) is 10.4 Å². The van der Waals surface area contributed by atoms with Gasteiger partial charge in [-0.3, -0.25) is 10.2 Å². The minimum Gasteiger partial charge on any atom is -0.464 e. The third kappa shape index (κ3) is 7.84. The molecular weight excluding hydrogens is 426 g/mol. The number of guanidine groups is 1. The summed E-state index contributed by atoms with van der Waals surface area (Å²) < 4.78 is 10.5. The van der Waals surface area contributed by atoms with Crippen molar-refractivity contribution in [2.75, 3.05) is 6.61 Å². The highest BCUT2D eigenvalue weighted by Crippen LogP contribution is 2.16. The molecular formula is C23H29N5O5. The number of carbonyl (C=O) groups excluding carboxylic acids is 3. The summed E-state index contributed by atoms with van der Waals surface area (Å²) in [6.45, 7) is 5.08. The quantitative estimate of drug-likeness (QED) is 0.239. The van der Waals surface area contributed by atoms with Crippen LogP contribution in [0.25, 0.3) is 0 Å².